The highest BCUT2D eigenvalue weighted by Crippen LogP contribution is 2.25. The topological polar surface area (TPSA) is 74.4 Å². The zero-order valence-corrected chi connectivity index (χ0v) is 17.2. The van der Waals surface area contributed by atoms with E-state index in [0.29, 0.717) is 5.56 Å². The van der Waals surface area contributed by atoms with Crippen molar-refractivity contribution < 1.29 is 9.53 Å². The van der Waals surface area contributed by atoms with Crippen LogP contribution in [0, 0.1) is 0 Å². The Labute approximate surface area is 175 Å². The zero-order chi connectivity index (χ0) is 20.9. The predicted octanol–water partition coefficient (Wildman–Crippen LogP) is 4.90. The second-order valence-electron chi connectivity index (χ2n) is 7.79. The maximum absolute atomic E-state index is 13.2. The molecule has 0 atom stereocenters. The van der Waals surface area contributed by atoms with Gasteiger partial charge in [0, 0.05) is 28.2 Å². The number of benzene rings is 2. The Balaban J connectivity index is 1.64. The number of urea groups is 1. The lowest BCUT2D eigenvalue weighted by molar-refractivity contribution is 0.162. The Kier molecular flexibility index (Phi) is 6.02. The van der Waals surface area contributed by atoms with Crippen molar-refractivity contribution in [3.05, 3.63) is 70.5 Å². The lowest BCUT2D eigenvalue weighted by Gasteiger charge is -2.34. The summed E-state index contributed by atoms with van der Waals surface area (Å²) in [5.41, 5.74) is 1.91. The minimum Gasteiger partial charge on any atom is -0.497 e. The third kappa shape index (κ3) is 4.48. The average Bonchev–Trinajstić information content (AvgIpc) is 2.78. The van der Waals surface area contributed by atoms with Gasteiger partial charge in [0.05, 0.1) is 13.7 Å². The first-order valence-electron chi connectivity index (χ1n) is 10.5. The molecule has 0 radical (unpaired) electrons. The number of carbonyl (C=O) groups is 1. The van der Waals surface area contributed by atoms with Gasteiger partial charge in [-0.05, 0) is 49.2 Å². The largest absolute Gasteiger partial charge is 0.497 e. The Hall–Kier alpha value is -3.28. The molecule has 6 nitrogen and oxygen atoms in total. The van der Waals surface area contributed by atoms with Gasteiger partial charge in [0.15, 0.2) is 0 Å². The Morgan fingerprint density at radius 1 is 1.10 bits per heavy atom. The van der Waals surface area contributed by atoms with Crippen molar-refractivity contribution in [1.29, 1.82) is 0 Å². The van der Waals surface area contributed by atoms with Gasteiger partial charge in [-0.25, -0.2) is 4.79 Å². The SMILES string of the molecule is COc1ccc2[nH]c(=O)c(CN(C(=O)Nc3ccccc3)C3CCCCC3)cc2c1. The van der Waals surface area contributed by atoms with E-state index in [-0.39, 0.29) is 24.2 Å². The van der Waals surface area contributed by atoms with Gasteiger partial charge < -0.3 is 19.9 Å². The molecule has 0 bridgehead atoms. The van der Waals surface area contributed by atoms with Crippen LogP contribution in [0.4, 0.5) is 10.5 Å². The van der Waals surface area contributed by atoms with E-state index < -0.39 is 0 Å². The number of methoxy groups -OCH3 is 1. The molecule has 1 fully saturated rings. The van der Waals surface area contributed by atoms with Crippen molar-refractivity contribution in [3.8, 4) is 5.75 Å². The van der Waals surface area contributed by atoms with E-state index in [2.05, 4.69) is 10.3 Å². The van der Waals surface area contributed by atoms with E-state index in [1.54, 1.807) is 7.11 Å². The predicted molar refractivity (Wildman–Crippen MR) is 119 cm³/mol. The first-order chi connectivity index (χ1) is 14.6. The number of hydrogen-bond acceptors (Lipinski definition) is 3. The second-order valence-corrected chi connectivity index (χ2v) is 7.79. The van der Waals surface area contributed by atoms with E-state index >= 15 is 0 Å². The number of ether oxygens (including phenoxy) is 1. The fraction of sp³-hybridized carbons (Fsp3) is 0.333. The normalized spacial score (nSPS) is 14.4. The molecular weight excluding hydrogens is 378 g/mol. The Morgan fingerprint density at radius 3 is 2.60 bits per heavy atom. The summed E-state index contributed by atoms with van der Waals surface area (Å²) in [6.07, 6.45) is 5.32. The molecule has 0 aliphatic heterocycles. The highest BCUT2D eigenvalue weighted by Gasteiger charge is 2.26. The fourth-order valence-corrected chi connectivity index (χ4v) is 4.13. The van der Waals surface area contributed by atoms with Crippen LogP contribution in [-0.2, 0) is 6.54 Å². The highest BCUT2D eigenvalue weighted by molar-refractivity contribution is 5.89. The van der Waals surface area contributed by atoms with Crippen LogP contribution in [0.5, 0.6) is 5.75 Å². The number of rotatable bonds is 5. The number of anilines is 1. The fourth-order valence-electron chi connectivity index (χ4n) is 4.13. The van der Waals surface area contributed by atoms with Crippen LogP contribution >= 0.6 is 0 Å². The van der Waals surface area contributed by atoms with E-state index in [4.69, 9.17) is 4.74 Å². The molecule has 0 unspecified atom stereocenters. The smallest absolute Gasteiger partial charge is 0.322 e. The first-order valence-corrected chi connectivity index (χ1v) is 10.5. The molecule has 2 amide bonds. The molecule has 2 aromatic carbocycles. The van der Waals surface area contributed by atoms with Crippen molar-refractivity contribution >= 4 is 22.6 Å². The van der Waals surface area contributed by atoms with E-state index in [9.17, 15) is 9.59 Å². The molecule has 1 heterocycles. The van der Waals surface area contributed by atoms with E-state index in [1.165, 1.54) is 6.42 Å². The summed E-state index contributed by atoms with van der Waals surface area (Å²) < 4.78 is 5.31. The van der Waals surface area contributed by atoms with Crippen LogP contribution in [0.25, 0.3) is 10.9 Å². The minimum atomic E-state index is -0.168. The average molecular weight is 405 g/mol. The van der Waals surface area contributed by atoms with Gasteiger partial charge in [0.2, 0.25) is 0 Å². The number of fused-ring (bicyclic) bond motifs is 1. The Bertz CT molecular complexity index is 1070. The molecular formula is C24H27N3O3. The van der Waals surface area contributed by atoms with Crippen LogP contribution < -0.4 is 15.6 Å². The van der Waals surface area contributed by atoms with Crippen molar-refractivity contribution in [1.82, 2.24) is 9.88 Å². The summed E-state index contributed by atoms with van der Waals surface area (Å²) in [5.74, 6) is 0.728. The summed E-state index contributed by atoms with van der Waals surface area (Å²) in [5, 5.41) is 3.87. The van der Waals surface area contributed by atoms with Gasteiger partial charge in [-0.2, -0.15) is 0 Å². The standard InChI is InChI=1S/C24H27N3O3/c1-30-21-12-13-22-17(15-21)14-18(23(28)26-22)16-27(20-10-6-3-7-11-20)24(29)25-19-8-4-2-5-9-19/h2,4-5,8-9,12-15,20H,3,6-7,10-11,16H2,1H3,(H,25,29)(H,26,28). The molecule has 1 saturated carbocycles. The van der Waals surface area contributed by atoms with Crippen LogP contribution in [-0.4, -0.2) is 29.1 Å². The third-order valence-corrected chi connectivity index (χ3v) is 5.77. The summed E-state index contributed by atoms with van der Waals surface area (Å²) in [6.45, 7) is 0.270. The van der Waals surface area contributed by atoms with Gasteiger partial charge in [0.25, 0.3) is 5.56 Å². The van der Waals surface area contributed by atoms with Gasteiger partial charge in [-0.15, -0.1) is 0 Å². The number of pyridine rings is 1. The molecule has 3 aromatic rings. The van der Waals surface area contributed by atoms with Crippen LogP contribution in [0.15, 0.2) is 59.4 Å². The summed E-state index contributed by atoms with van der Waals surface area (Å²) in [7, 11) is 1.62. The number of nitrogens with zero attached hydrogens (tertiary/aromatic N) is 1. The second kappa shape index (κ2) is 9.03. The van der Waals surface area contributed by atoms with E-state index in [1.807, 2.05) is 59.5 Å². The number of para-hydroxylation sites is 1. The number of aromatic nitrogens is 1. The minimum absolute atomic E-state index is 0.128. The molecule has 30 heavy (non-hydrogen) atoms. The van der Waals surface area contributed by atoms with E-state index in [0.717, 1.165) is 48.0 Å². The quantitative estimate of drug-likeness (QED) is 0.634. The summed E-state index contributed by atoms with van der Waals surface area (Å²) in [4.78, 5) is 30.7. The number of hydrogen-bond donors (Lipinski definition) is 2. The van der Waals surface area contributed by atoms with Gasteiger partial charge in [-0.3, -0.25) is 4.79 Å². The lowest BCUT2D eigenvalue weighted by Crippen LogP contribution is -2.44. The molecule has 156 valence electrons. The molecule has 1 aliphatic rings. The molecule has 4 rings (SSSR count). The molecule has 1 aliphatic carbocycles. The summed E-state index contributed by atoms with van der Waals surface area (Å²) >= 11 is 0. The lowest BCUT2D eigenvalue weighted by atomic mass is 9.94. The number of nitrogens with one attached hydrogen (secondary N) is 2. The highest BCUT2D eigenvalue weighted by atomic mass is 16.5. The maximum atomic E-state index is 13.2. The Morgan fingerprint density at radius 2 is 1.87 bits per heavy atom. The van der Waals surface area contributed by atoms with Gasteiger partial charge in [-0.1, -0.05) is 37.5 Å². The van der Waals surface area contributed by atoms with Gasteiger partial charge in [0.1, 0.15) is 5.75 Å². The molecule has 6 heteroatoms. The maximum Gasteiger partial charge on any atom is 0.322 e. The molecule has 1 aromatic heterocycles. The molecule has 0 spiro atoms. The summed E-state index contributed by atoms with van der Waals surface area (Å²) in [6, 6.07) is 16.8. The number of H-pyrrole nitrogens is 1. The van der Waals surface area contributed by atoms with Crippen LogP contribution in [0.1, 0.15) is 37.7 Å². The number of aromatic amines is 1. The number of amides is 2. The molecule has 0 saturated heterocycles. The van der Waals surface area contributed by atoms with Gasteiger partial charge >= 0.3 is 6.03 Å². The van der Waals surface area contributed by atoms with Crippen molar-refractivity contribution in [2.24, 2.45) is 0 Å². The zero-order valence-electron chi connectivity index (χ0n) is 17.2. The molecule has 2 N–H and O–H groups in total. The van der Waals surface area contributed by atoms with Crippen LogP contribution in [0.3, 0.4) is 0 Å². The van der Waals surface area contributed by atoms with Crippen molar-refractivity contribution in [2.45, 2.75) is 44.7 Å². The first kappa shape index (κ1) is 20.0. The monoisotopic (exact) mass is 405 g/mol. The number of carbonyl (C=O) groups excluding carboxylic acids is 1. The van der Waals surface area contributed by atoms with Crippen LogP contribution in [0.2, 0.25) is 0 Å². The van der Waals surface area contributed by atoms with Crippen molar-refractivity contribution in [3.63, 3.8) is 0 Å². The third-order valence-electron chi connectivity index (χ3n) is 5.77. The van der Waals surface area contributed by atoms with Crippen molar-refractivity contribution in [2.75, 3.05) is 12.4 Å².